The summed E-state index contributed by atoms with van der Waals surface area (Å²) >= 11 is 0. The van der Waals surface area contributed by atoms with Crippen molar-refractivity contribution < 1.29 is 9.90 Å². The molecule has 3 atom stereocenters. The molecule has 11 heavy (non-hydrogen) atoms. The van der Waals surface area contributed by atoms with Crippen LogP contribution in [0.1, 0.15) is 33.1 Å². The van der Waals surface area contributed by atoms with E-state index in [1.807, 2.05) is 6.92 Å². The molecule has 0 aliphatic heterocycles. The van der Waals surface area contributed by atoms with Crippen LogP contribution in [0, 0.1) is 11.8 Å². The average molecular weight is 156 g/mol. The van der Waals surface area contributed by atoms with E-state index in [9.17, 15) is 9.90 Å². The first-order valence-corrected chi connectivity index (χ1v) is 4.29. The zero-order valence-corrected chi connectivity index (χ0v) is 7.21. The van der Waals surface area contributed by atoms with E-state index >= 15 is 0 Å². The number of rotatable bonds is 1. The van der Waals surface area contributed by atoms with Crippen LogP contribution in [-0.4, -0.2) is 17.0 Å². The summed E-state index contributed by atoms with van der Waals surface area (Å²) in [6.45, 7) is 3.66. The molecular formula is C9H16O2. The first kappa shape index (κ1) is 8.72. The minimum Gasteiger partial charge on any atom is -0.393 e. The normalized spacial score (nSPS) is 38.6. The van der Waals surface area contributed by atoms with Gasteiger partial charge in [-0.3, -0.25) is 4.79 Å². The standard InChI is InChI=1S/C9H16O2/c1-6-3-4-8(7(2)10)5-9(6)11/h6,8-9,11H,3-5H2,1-2H3/t6-,8-,9?/m1/s1. The van der Waals surface area contributed by atoms with Gasteiger partial charge in [0.05, 0.1) is 6.10 Å². The lowest BCUT2D eigenvalue weighted by molar-refractivity contribution is -0.123. The Balaban J connectivity index is 2.46. The quantitative estimate of drug-likeness (QED) is 0.622. The summed E-state index contributed by atoms with van der Waals surface area (Å²) in [5, 5.41) is 9.44. The van der Waals surface area contributed by atoms with E-state index in [4.69, 9.17) is 0 Å². The van der Waals surface area contributed by atoms with Gasteiger partial charge in [-0.05, 0) is 32.1 Å². The molecule has 1 aliphatic carbocycles. The lowest BCUT2D eigenvalue weighted by atomic mass is 9.79. The molecule has 0 aromatic heterocycles. The third-order valence-electron chi connectivity index (χ3n) is 2.73. The molecule has 1 aliphatic rings. The number of hydrogen-bond donors (Lipinski definition) is 1. The van der Waals surface area contributed by atoms with Gasteiger partial charge in [-0.2, -0.15) is 0 Å². The van der Waals surface area contributed by atoms with Crippen LogP contribution in [-0.2, 0) is 4.79 Å². The van der Waals surface area contributed by atoms with Crippen LogP contribution in [0.3, 0.4) is 0 Å². The number of ketones is 1. The Labute approximate surface area is 67.6 Å². The highest BCUT2D eigenvalue weighted by Gasteiger charge is 2.28. The lowest BCUT2D eigenvalue weighted by Gasteiger charge is -2.29. The summed E-state index contributed by atoms with van der Waals surface area (Å²) in [5.41, 5.74) is 0. The first-order chi connectivity index (χ1) is 5.11. The molecule has 1 unspecified atom stereocenters. The van der Waals surface area contributed by atoms with Crippen molar-refractivity contribution in [3.05, 3.63) is 0 Å². The monoisotopic (exact) mass is 156 g/mol. The van der Waals surface area contributed by atoms with E-state index < -0.39 is 0 Å². The Hall–Kier alpha value is -0.370. The van der Waals surface area contributed by atoms with Crippen molar-refractivity contribution in [1.82, 2.24) is 0 Å². The summed E-state index contributed by atoms with van der Waals surface area (Å²) < 4.78 is 0. The van der Waals surface area contributed by atoms with E-state index in [0.29, 0.717) is 12.3 Å². The summed E-state index contributed by atoms with van der Waals surface area (Å²) in [4.78, 5) is 10.9. The second-order valence-electron chi connectivity index (χ2n) is 3.67. The van der Waals surface area contributed by atoms with Gasteiger partial charge in [0.2, 0.25) is 0 Å². The number of aliphatic hydroxyl groups is 1. The van der Waals surface area contributed by atoms with Gasteiger partial charge in [0.25, 0.3) is 0 Å². The highest BCUT2D eigenvalue weighted by molar-refractivity contribution is 5.78. The third kappa shape index (κ3) is 2.03. The van der Waals surface area contributed by atoms with E-state index in [0.717, 1.165) is 12.8 Å². The van der Waals surface area contributed by atoms with Crippen LogP contribution in [0.25, 0.3) is 0 Å². The molecule has 0 heterocycles. The van der Waals surface area contributed by atoms with Crippen molar-refractivity contribution in [2.75, 3.05) is 0 Å². The zero-order valence-electron chi connectivity index (χ0n) is 7.21. The SMILES string of the molecule is CC(=O)[C@@H]1CC[C@@H](C)C(O)C1. The van der Waals surface area contributed by atoms with Crippen molar-refractivity contribution in [2.24, 2.45) is 11.8 Å². The minimum absolute atomic E-state index is 0.126. The second kappa shape index (κ2) is 3.35. The van der Waals surface area contributed by atoms with E-state index in [-0.39, 0.29) is 17.8 Å². The molecular weight excluding hydrogens is 140 g/mol. The third-order valence-corrected chi connectivity index (χ3v) is 2.73. The lowest BCUT2D eigenvalue weighted by Crippen LogP contribution is -2.30. The van der Waals surface area contributed by atoms with Crippen LogP contribution >= 0.6 is 0 Å². The number of carbonyl (C=O) groups excluding carboxylic acids is 1. The van der Waals surface area contributed by atoms with Gasteiger partial charge in [0.1, 0.15) is 5.78 Å². The fourth-order valence-electron chi connectivity index (χ4n) is 1.67. The van der Waals surface area contributed by atoms with Crippen molar-refractivity contribution in [1.29, 1.82) is 0 Å². The molecule has 0 amide bonds. The van der Waals surface area contributed by atoms with Crippen LogP contribution < -0.4 is 0 Å². The molecule has 1 saturated carbocycles. The van der Waals surface area contributed by atoms with Gasteiger partial charge < -0.3 is 5.11 Å². The molecule has 0 aromatic carbocycles. The van der Waals surface area contributed by atoms with E-state index in [1.54, 1.807) is 6.92 Å². The summed E-state index contributed by atoms with van der Waals surface area (Å²) in [6, 6.07) is 0. The van der Waals surface area contributed by atoms with Gasteiger partial charge in [0.15, 0.2) is 0 Å². The maximum Gasteiger partial charge on any atom is 0.133 e. The molecule has 64 valence electrons. The number of hydrogen-bond acceptors (Lipinski definition) is 2. The zero-order chi connectivity index (χ0) is 8.43. The van der Waals surface area contributed by atoms with Crippen LogP contribution in [0.5, 0.6) is 0 Å². The topological polar surface area (TPSA) is 37.3 Å². The number of aliphatic hydroxyl groups excluding tert-OH is 1. The maximum absolute atomic E-state index is 10.9. The number of carbonyl (C=O) groups is 1. The van der Waals surface area contributed by atoms with E-state index in [1.165, 1.54) is 0 Å². The molecule has 2 heteroatoms. The Bertz CT molecular complexity index is 154. The molecule has 0 aromatic rings. The minimum atomic E-state index is -0.252. The van der Waals surface area contributed by atoms with Gasteiger partial charge >= 0.3 is 0 Å². The van der Waals surface area contributed by atoms with E-state index in [2.05, 4.69) is 0 Å². The Morgan fingerprint density at radius 3 is 2.55 bits per heavy atom. The fraction of sp³-hybridized carbons (Fsp3) is 0.889. The predicted molar refractivity (Wildman–Crippen MR) is 43.2 cm³/mol. The van der Waals surface area contributed by atoms with Crippen LogP contribution in [0.15, 0.2) is 0 Å². The molecule has 0 spiro atoms. The molecule has 0 bridgehead atoms. The average Bonchev–Trinajstić information content (AvgIpc) is 1.94. The van der Waals surface area contributed by atoms with Gasteiger partial charge in [-0.25, -0.2) is 0 Å². The Kier molecular flexibility index (Phi) is 2.66. The van der Waals surface area contributed by atoms with Gasteiger partial charge in [-0.15, -0.1) is 0 Å². The molecule has 0 radical (unpaired) electrons. The van der Waals surface area contributed by atoms with Crippen molar-refractivity contribution in [3.63, 3.8) is 0 Å². The van der Waals surface area contributed by atoms with Gasteiger partial charge in [-0.1, -0.05) is 6.92 Å². The van der Waals surface area contributed by atoms with Crippen molar-refractivity contribution in [3.8, 4) is 0 Å². The molecule has 2 nitrogen and oxygen atoms in total. The van der Waals surface area contributed by atoms with Crippen LogP contribution in [0.4, 0.5) is 0 Å². The van der Waals surface area contributed by atoms with Crippen molar-refractivity contribution >= 4 is 5.78 Å². The number of Topliss-reactive ketones (excluding diaryl/α,β-unsaturated/α-hetero) is 1. The summed E-state index contributed by atoms with van der Waals surface area (Å²) in [5.74, 6) is 0.739. The predicted octanol–water partition coefficient (Wildman–Crippen LogP) is 1.37. The molecule has 1 N–H and O–H groups in total. The second-order valence-corrected chi connectivity index (χ2v) is 3.67. The summed E-state index contributed by atoms with van der Waals surface area (Å²) in [7, 11) is 0. The highest BCUT2D eigenvalue weighted by atomic mass is 16.3. The largest absolute Gasteiger partial charge is 0.393 e. The van der Waals surface area contributed by atoms with Crippen molar-refractivity contribution in [2.45, 2.75) is 39.2 Å². The maximum atomic E-state index is 10.9. The molecule has 0 saturated heterocycles. The molecule has 1 fully saturated rings. The Morgan fingerprint density at radius 2 is 2.09 bits per heavy atom. The first-order valence-electron chi connectivity index (χ1n) is 4.29. The van der Waals surface area contributed by atoms with Gasteiger partial charge in [0, 0.05) is 5.92 Å². The fourth-order valence-corrected chi connectivity index (χ4v) is 1.67. The smallest absolute Gasteiger partial charge is 0.133 e. The van der Waals surface area contributed by atoms with Crippen LogP contribution in [0.2, 0.25) is 0 Å². The Morgan fingerprint density at radius 1 is 1.45 bits per heavy atom. The highest BCUT2D eigenvalue weighted by Crippen LogP contribution is 2.28. The summed E-state index contributed by atoms with van der Waals surface area (Å²) in [6.07, 6.45) is 2.38. The molecule has 1 rings (SSSR count).